The number of aliphatic hydroxyl groups excluding tert-OH is 4. The van der Waals surface area contributed by atoms with Crippen molar-refractivity contribution < 1.29 is 61.0 Å². The fraction of sp³-hybridized carbons (Fsp3) is 0. The van der Waals surface area contributed by atoms with Crippen LogP contribution in [0.1, 0.15) is 1.43 Å². The van der Waals surface area contributed by atoms with E-state index in [9.17, 15) is 9.59 Å². The zero-order valence-electron chi connectivity index (χ0n) is 7.61. The second-order valence-electron chi connectivity index (χ2n) is 2.05. The Kier molecular flexibility index (Phi) is 3.53. The molecule has 1 aliphatic carbocycles. The van der Waals surface area contributed by atoms with Crippen LogP contribution in [0.4, 0.5) is 0 Å². The predicted octanol–water partition coefficient (Wildman–Crippen LogP) is -3.09. The first-order valence-corrected chi connectivity index (χ1v) is 2.80. The van der Waals surface area contributed by atoms with Crippen molar-refractivity contribution in [1.29, 1.82) is 0 Å². The van der Waals surface area contributed by atoms with Crippen molar-refractivity contribution in [2.24, 2.45) is 0 Å². The maximum atomic E-state index is 10.6. The Bertz CT molecular complexity index is 282. The molecular weight excluding hydrogens is 191 g/mol. The molecule has 7 heteroatoms. The molecule has 0 spiro atoms. The fourth-order valence-corrected chi connectivity index (χ4v) is 0.654. The van der Waals surface area contributed by atoms with Crippen LogP contribution in [0.3, 0.4) is 0 Å². The summed E-state index contributed by atoms with van der Waals surface area (Å²) in [6.07, 6.45) is 0. The number of carbonyl (C=O) groups is 2. The van der Waals surface area contributed by atoms with Gasteiger partial charge in [-0.05, 0) is 0 Å². The molecule has 6 nitrogen and oxygen atoms in total. The molecule has 0 atom stereocenters. The number of aliphatic hydroxyl groups is 4. The van der Waals surface area contributed by atoms with Crippen LogP contribution in [0.25, 0.3) is 0 Å². The third-order valence-electron chi connectivity index (χ3n) is 1.31. The van der Waals surface area contributed by atoms with Gasteiger partial charge in [-0.3, -0.25) is 9.59 Å². The second-order valence-corrected chi connectivity index (χ2v) is 2.05. The molecule has 1 rings (SSSR count). The zero-order valence-corrected chi connectivity index (χ0v) is 8.61. The van der Waals surface area contributed by atoms with Gasteiger partial charge in [0.25, 0.3) is 11.6 Å². The van der Waals surface area contributed by atoms with Crippen molar-refractivity contribution in [2.45, 2.75) is 0 Å². The van der Waals surface area contributed by atoms with Crippen LogP contribution in [-0.2, 0) is 9.59 Å². The Hall–Kier alpha value is -0.980. The molecule has 13 heavy (non-hydrogen) atoms. The zero-order chi connectivity index (χ0) is 9.46. The molecule has 1 aliphatic rings. The molecule has 4 N–H and O–H groups in total. The molecule has 0 aromatic heterocycles. The number of rotatable bonds is 0. The summed E-state index contributed by atoms with van der Waals surface area (Å²) in [5.41, 5.74) is 0. The first-order valence-electron chi connectivity index (χ1n) is 2.80. The average Bonchev–Trinajstić information content (AvgIpc) is 2.08. The summed E-state index contributed by atoms with van der Waals surface area (Å²) in [7, 11) is 0. The van der Waals surface area contributed by atoms with Crippen molar-refractivity contribution in [2.75, 3.05) is 0 Å². The molecule has 0 aromatic rings. The monoisotopic (exact) mass is 196 g/mol. The van der Waals surface area contributed by atoms with Crippen LogP contribution in [0.15, 0.2) is 23.0 Å². The van der Waals surface area contributed by atoms with Crippen molar-refractivity contribution in [3.8, 4) is 0 Å². The minimum Gasteiger partial charge on any atom is -1.00 e. The summed E-state index contributed by atoms with van der Waals surface area (Å²) in [4.78, 5) is 21.2. The number of hydrogen-bond donors (Lipinski definition) is 4. The number of carbonyl (C=O) groups excluding carboxylic acids is 2. The summed E-state index contributed by atoms with van der Waals surface area (Å²) in [6, 6.07) is 0. The van der Waals surface area contributed by atoms with Crippen LogP contribution in [-0.4, -0.2) is 32.0 Å². The molecule has 0 unspecified atom stereocenters. The molecule has 0 radical (unpaired) electrons. The van der Waals surface area contributed by atoms with Crippen molar-refractivity contribution >= 4 is 11.6 Å². The molecule has 0 bridgehead atoms. The van der Waals surface area contributed by atoms with Crippen LogP contribution in [0.2, 0.25) is 0 Å². The number of ketones is 2. The maximum Gasteiger partial charge on any atom is 1.00 e. The third-order valence-corrected chi connectivity index (χ3v) is 1.31. The first kappa shape index (κ1) is 12.0. The standard InChI is InChI=1S/C6H4O6.Na.H/c7-1-2(8)4(10)6(12)5(11)3(1)9;;/h7-8,11-12H;;/q;+1;-1. The quantitative estimate of drug-likeness (QED) is 0.241. The smallest absolute Gasteiger partial charge is 1.00 e. The molecule has 66 valence electrons. The van der Waals surface area contributed by atoms with Gasteiger partial charge in [-0.2, -0.15) is 0 Å². The largest absolute Gasteiger partial charge is 1.00 e. The SMILES string of the molecule is O=C1C(O)=C(O)C(=O)C(O)=C1O.[H-].[Na+]. The molecule has 0 amide bonds. The maximum absolute atomic E-state index is 10.6. The van der Waals surface area contributed by atoms with Crippen LogP contribution >= 0.6 is 0 Å². The van der Waals surface area contributed by atoms with Gasteiger partial charge in [0.2, 0.25) is 23.0 Å². The minimum atomic E-state index is -1.38. The third kappa shape index (κ3) is 1.69. The average molecular weight is 196 g/mol. The summed E-state index contributed by atoms with van der Waals surface area (Å²) < 4.78 is 0. The van der Waals surface area contributed by atoms with E-state index in [2.05, 4.69) is 0 Å². The van der Waals surface area contributed by atoms with Crippen molar-refractivity contribution in [3.63, 3.8) is 0 Å². The van der Waals surface area contributed by atoms with Gasteiger partial charge in [0.15, 0.2) is 0 Å². The van der Waals surface area contributed by atoms with Gasteiger partial charge < -0.3 is 21.9 Å². The van der Waals surface area contributed by atoms with Crippen LogP contribution in [0.5, 0.6) is 0 Å². The Morgan fingerprint density at radius 1 is 0.692 bits per heavy atom. The first-order chi connectivity index (χ1) is 5.46. The van der Waals surface area contributed by atoms with E-state index < -0.39 is 34.6 Å². The Labute approximate surface area is 95.6 Å². The van der Waals surface area contributed by atoms with E-state index >= 15 is 0 Å². The molecule has 0 fully saturated rings. The Balaban J connectivity index is 0. The van der Waals surface area contributed by atoms with Gasteiger partial charge in [-0.15, -0.1) is 0 Å². The second kappa shape index (κ2) is 3.82. The van der Waals surface area contributed by atoms with E-state index in [-0.39, 0.29) is 31.0 Å². The summed E-state index contributed by atoms with van der Waals surface area (Å²) in [6.45, 7) is 0. The van der Waals surface area contributed by atoms with Gasteiger partial charge >= 0.3 is 29.6 Å². The van der Waals surface area contributed by atoms with Crippen molar-refractivity contribution in [3.05, 3.63) is 23.0 Å². The van der Waals surface area contributed by atoms with Crippen molar-refractivity contribution in [1.82, 2.24) is 0 Å². The number of hydrogen-bond acceptors (Lipinski definition) is 6. The molecule has 0 saturated carbocycles. The van der Waals surface area contributed by atoms with E-state index in [0.717, 1.165) is 0 Å². The van der Waals surface area contributed by atoms with Crippen LogP contribution < -0.4 is 29.6 Å². The van der Waals surface area contributed by atoms with E-state index in [4.69, 9.17) is 20.4 Å². The molecular formula is C6H5NaO6. The predicted molar refractivity (Wildman–Crippen MR) is 35.7 cm³/mol. The summed E-state index contributed by atoms with van der Waals surface area (Å²) >= 11 is 0. The van der Waals surface area contributed by atoms with E-state index in [1.165, 1.54) is 0 Å². The fourth-order valence-electron chi connectivity index (χ4n) is 0.654. The Morgan fingerprint density at radius 3 is 1.00 bits per heavy atom. The van der Waals surface area contributed by atoms with Gasteiger partial charge in [0.05, 0.1) is 0 Å². The molecule has 0 aliphatic heterocycles. The van der Waals surface area contributed by atoms with E-state index in [0.29, 0.717) is 0 Å². The van der Waals surface area contributed by atoms with Crippen LogP contribution in [0, 0.1) is 0 Å². The summed E-state index contributed by atoms with van der Waals surface area (Å²) in [5, 5.41) is 34.6. The topological polar surface area (TPSA) is 115 Å². The normalized spacial score (nSPS) is 17.5. The van der Waals surface area contributed by atoms with Gasteiger partial charge in [-0.25, -0.2) is 0 Å². The minimum absolute atomic E-state index is 0. The van der Waals surface area contributed by atoms with Gasteiger partial charge in [0, 0.05) is 0 Å². The molecule has 0 saturated heterocycles. The van der Waals surface area contributed by atoms with Gasteiger partial charge in [0.1, 0.15) is 0 Å². The van der Waals surface area contributed by atoms with E-state index in [1.807, 2.05) is 0 Å². The number of Topliss-reactive ketones (excluding diaryl/α,β-unsaturated/α-hetero) is 2. The summed E-state index contributed by atoms with van der Waals surface area (Å²) in [5.74, 6) is -7.84. The van der Waals surface area contributed by atoms with Gasteiger partial charge in [-0.1, -0.05) is 0 Å². The molecule has 0 heterocycles. The Morgan fingerprint density at radius 2 is 0.846 bits per heavy atom. The molecule has 0 aromatic carbocycles. The van der Waals surface area contributed by atoms with E-state index in [1.54, 1.807) is 0 Å².